The molecule has 1 heterocycles. The minimum Gasteiger partial charge on any atom is -0.335 e. The molecular weight excluding hydrogens is 425 g/mol. The second-order valence-electron chi connectivity index (χ2n) is 8.63. The first-order valence-electron chi connectivity index (χ1n) is 11.6. The predicted molar refractivity (Wildman–Crippen MR) is 127 cm³/mol. The molecule has 1 N–H and O–H groups in total. The van der Waals surface area contributed by atoms with Crippen molar-refractivity contribution in [3.8, 4) is 0 Å². The molecule has 3 rings (SSSR count). The van der Waals surface area contributed by atoms with Crippen LogP contribution in [0.4, 0.5) is 9.18 Å². The van der Waals surface area contributed by atoms with Crippen molar-refractivity contribution in [3.05, 3.63) is 58.0 Å². The number of carbonyl (C=O) groups excluding carboxylic acids is 2. The number of hydrogen-bond donors (Lipinski definition) is 1. The van der Waals surface area contributed by atoms with Crippen molar-refractivity contribution in [3.63, 3.8) is 0 Å². The summed E-state index contributed by atoms with van der Waals surface area (Å²) in [7, 11) is 0. The Balaban J connectivity index is 1.72. The number of nitrogens with one attached hydrogen (secondary N) is 1. The second-order valence-corrected chi connectivity index (χ2v) is 9.66. The lowest BCUT2D eigenvalue weighted by Gasteiger charge is -2.33. The van der Waals surface area contributed by atoms with E-state index in [-0.39, 0.29) is 36.4 Å². The summed E-state index contributed by atoms with van der Waals surface area (Å²) in [5, 5.41) is 5.14. The lowest BCUT2D eigenvalue weighted by Crippen LogP contribution is -2.52. The van der Waals surface area contributed by atoms with Crippen molar-refractivity contribution < 1.29 is 14.0 Å². The fraction of sp³-hybridized carbons (Fsp3) is 0.520. The number of thiophene rings is 1. The Morgan fingerprint density at radius 1 is 1.12 bits per heavy atom. The molecule has 1 fully saturated rings. The van der Waals surface area contributed by atoms with E-state index in [2.05, 4.69) is 5.32 Å². The quantitative estimate of drug-likeness (QED) is 0.534. The van der Waals surface area contributed by atoms with Gasteiger partial charge >= 0.3 is 6.03 Å². The van der Waals surface area contributed by atoms with E-state index in [4.69, 9.17) is 0 Å². The third kappa shape index (κ3) is 7.05. The van der Waals surface area contributed by atoms with E-state index in [0.717, 1.165) is 42.5 Å². The number of halogens is 1. The van der Waals surface area contributed by atoms with Crippen LogP contribution in [-0.2, 0) is 17.9 Å². The van der Waals surface area contributed by atoms with Gasteiger partial charge in [-0.05, 0) is 55.3 Å². The van der Waals surface area contributed by atoms with Crippen LogP contribution < -0.4 is 5.32 Å². The molecule has 1 aliphatic rings. The summed E-state index contributed by atoms with van der Waals surface area (Å²) >= 11 is 1.59. The first-order valence-corrected chi connectivity index (χ1v) is 12.5. The van der Waals surface area contributed by atoms with Crippen molar-refractivity contribution in [2.75, 3.05) is 6.54 Å². The molecule has 7 heteroatoms. The van der Waals surface area contributed by atoms with Gasteiger partial charge in [-0.15, -0.1) is 11.3 Å². The fourth-order valence-electron chi connectivity index (χ4n) is 4.03. The maximum absolute atomic E-state index is 13.4. The van der Waals surface area contributed by atoms with Gasteiger partial charge in [0.1, 0.15) is 12.4 Å². The molecule has 0 spiro atoms. The minimum atomic E-state index is -0.299. The Hall–Kier alpha value is -2.41. The van der Waals surface area contributed by atoms with Crippen molar-refractivity contribution in [1.82, 2.24) is 15.1 Å². The third-order valence-corrected chi connectivity index (χ3v) is 7.05. The molecule has 174 valence electrons. The number of rotatable bonds is 9. The Labute approximate surface area is 194 Å². The first kappa shape index (κ1) is 24.2. The standard InChI is InChI=1S/C25H34FN3O2S/c1-3-19(2)29(25(31)27-22-8-5-4-6-9-22)18-24(30)28(17-23-10-7-15-32-23)16-20-11-13-21(26)14-12-20/h7,10-15,19,22H,3-6,8-9,16-18H2,1-2H3,(H,27,31). The SMILES string of the molecule is CCC(C)N(CC(=O)N(Cc1ccc(F)cc1)Cc1cccs1)C(=O)NC1CCCCC1. The highest BCUT2D eigenvalue weighted by Crippen LogP contribution is 2.19. The molecule has 0 aliphatic heterocycles. The number of hydrogen-bond acceptors (Lipinski definition) is 3. The summed E-state index contributed by atoms with van der Waals surface area (Å²) in [5.74, 6) is -0.408. The zero-order chi connectivity index (χ0) is 22.9. The molecule has 1 aliphatic carbocycles. The lowest BCUT2D eigenvalue weighted by molar-refractivity contribution is -0.133. The van der Waals surface area contributed by atoms with Crippen LogP contribution in [0.25, 0.3) is 0 Å². The molecule has 1 saturated carbocycles. The summed E-state index contributed by atoms with van der Waals surface area (Å²) in [6.45, 7) is 4.87. The number of nitrogens with zero attached hydrogens (tertiary/aromatic N) is 2. The molecule has 1 aromatic carbocycles. The van der Waals surface area contributed by atoms with Crippen molar-refractivity contribution in [2.24, 2.45) is 0 Å². The second kappa shape index (κ2) is 12.0. The number of carbonyl (C=O) groups is 2. The maximum atomic E-state index is 13.4. The van der Waals surface area contributed by atoms with Gasteiger partial charge in [0.15, 0.2) is 0 Å². The van der Waals surface area contributed by atoms with E-state index < -0.39 is 0 Å². The summed E-state index contributed by atoms with van der Waals surface area (Å²) in [5.41, 5.74) is 0.859. The largest absolute Gasteiger partial charge is 0.335 e. The molecular formula is C25H34FN3O2S. The van der Waals surface area contributed by atoms with E-state index in [1.54, 1.807) is 33.3 Å². The number of benzene rings is 1. The molecule has 1 unspecified atom stereocenters. The van der Waals surface area contributed by atoms with Crippen LogP contribution in [0.15, 0.2) is 41.8 Å². The Morgan fingerprint density at radius 2 is 1.84 bits per heavy atom. The van der Waals surface area contributed by atoms with E-state index in [0.29, 0.717) is 13.1 Å². The van der Waals surface area contributed by atoms with Crippen LogP contribution in [0.3, 0.4) is 0 Å². The van der Waals surface area contributed by atoms with E-state index in [9.17, 15) is 14.0 Å². The maximum Gasteiger partial charge on any atom is 0.318 e. The van der Waals surface area contributed by atoms with Crippen molar-refractivity contribution in [1.29, 1.82) is 0 Å². The van der Waals surface area contributed by atoms with Crippen LogP contribution in [-0.4, -0.2) is 40.4 Å². The molecule has 32 heavy (non-hydrogen) atoms. The van der Waals surface area contributed by atoms with Gasteiger partial charge in [-0.3, -0.25) is 4.79 Å². The average molecular weight is 460 g/mol. The molecule has 0 radical (unpaired) electrons. The molecule has 3 amide bonds. The van der Waals surface area contributed by atoms with Crippen LogP contribution in [0.5, 0.6) is 0 Å². The average Bonchev–Trinajstić information content (AvgIpc) is 3.31. The number of urea groups is 1. The van der Waals surface area contributed by atoms with Crippen LogP contribution in [0.1, 0.15) is 62.8 Å². The van der Waals surface area contributed by atoms with Gasteiger partial charge in [-0.2, -0.15) is 0 Å². The van der Waals surface area contributed by atoms with Crippen molar-refractivity contribution >= 4 is 23.3 Å². The topological polar surface area (TPSA) is 52.7 Å². The van der Waals surface area contributed by atoms with Crippen molar-refractivity contribution in [2.45, 2.75) is 77.5 Å². The third-order valence-electron chi connectivity index (χ3n) is 6.19. The van der Waals surface area contributed by atoms with Gasteiger partial charge in [0.2, 0.25) is 5.91 Å². The normalized spacial score (nSPS) is 15.2. The van der Waals surface area contributed by atoms with Gasteiger partial charge < -0.3 is 15.1 Å². The minimum absolute atomic E-state index is 0.0279. The Morgan fingerprint density at radius 3 is 2.47 bits per heavy atom. The van der Waals surface area contributed by atoms with Crippen LogP contribution in [0.2, 0.25) is 0 Å². The monoisotopic (exact) mass is 459 g/mol. The molecule has 0 saturated heterocycles. The van der Waals surface area contributed by atoms with Gasteiger partial charge in [0.25, 0.3) is 0 Å². The van der Waals surface area contributed by atoms with E-state index >= 15 is 0 Å². The molecule has 1 aromatic heterocycles. The molecule has 2 aromatic rings. The highest BCUT2D eigenvalue weighted by atomic mass is 32.1. The summed E-state index contributed by atoms with van der Waals surface area (Å²) in [6.07, 6.45) is 6.28. The first-order chi connectivity index (χ1) is 15.5. The molecule has 5 nitrogen and oxygen atoms in total. The van der Waals surface area contributed by atoms with E-state index in [1.807, 2.05) is 31.4 Å². The zero-order valence-corrected chi connectivity index (χ0v) is 19.9. The smallest absolute Gasteiger partial charge is 0.318 e. The van der Waals surface area contributed by atoms with Gasteiger partial charge in [-0.25, -0.2) is 9.18 Å². The lowest BCUT2D eigenvalue weighted by atomic mass is 9.96. The van der Waals surface area contributed by atoms with Gasteiger partial charge in [0, 0.05) is 23.5 Å². The molecule has 1 atom stereocenters. The summed E-state index contributed by atoms with van der Waals surface area (Å²) in [6, 6.07) is 10.2. The fourth-order valence-corrected chi connectivity index (χ4v) is 4.75. The van der Waals surface area contributed by atoms with Crippen LogP contribution in [0, 0.1) is 5.82 Å². The highest BCUT2D eigenvalue weighted by molar-refractivity contribution is 7.09. The van der Waals surface area contributed by atoms with Gasteiger partial charge in [0.05, 0.1) is 6.54 Å². The molecule has 0 bridgehead atoms. The summed E-state index contributed by atoms with van der Waals surface area (Å²) in [4.78, 5) is 31.0. The van der Waals surface area contributed by atoms with E-state index in [1.165, 1.54) is 18.6 Å². The summed E-state index contributed by atoms with van der Waals surface area (Å²) < 4.78 is 13.3. The Kier molecular flexibility index (Phi) is 9.09. The highest BCUT2D eigenvalue weighted by Gasteiger charge is 2.27. The number of amides is 3. The predicted octanol–water partition coefficient (Wildman–Crippen LogP) is 5.56. The Bertz CT molecular complexity index is 851. The van der Waals surface area contributed by atoms with Crippen LogP contribution >= 0.6 is 11.3 Å². The van der Waals surface area contributed by atoms with Gasteiger partial charge in [-0.1, -0.05) is 44.4 Å². The zero-order valence-electron chi connectivity index (χ0n) is 19.1.